The number of carboxylic acids is 1. The average Bonchev–Trinajstić information content (AvgIpc) is 3.07. The van der Waals surface area contributed by atoms with Crippen LogP contribution in [-0.4, -0.2) is 46.4 Å². The van der Waals surface area contributed by atoms with Gasteiger partial charge in [0.1, 0.15) is 12.1 Å². The minimum absolute atomic E-state index is 0.152. The number of carbonyl (C=O) groups excluding carboxylic acids is 2. The molecule has 1 unspecified atom stereocenters. The van der Waals surface area contributed by atoms with Crippen LogP contribution in [0.15, 0.2) is 17.5 Å². The van der Waals surface area contributed by atoms with Crippen LogP contribution in [0, 0.1) is 5.92 Å². The highest BCUT2D eigenvalue weighted by atomic mass is 32.1. The van der Waals surface area contributed by atoms with Gasteiger partial charge < -0.3 is 15.3 Å². The normalized spacial score (nSPS) is 19.1. The molecular weight excluding hydrogens is 328 g/mol. The predicted molar refractivity (Wildman–Crippen MR) is 92.0 cm³/mol. The van der Waals surface area contributed by atoms with Crippen molar-refractivity contribution in [3.8, 4) is 0 Å². The van der Waals surface area contributed by atoms with Gasteiger partial charge in [-0.2, -0.15) is 0 Å². The lowest BCUT2D eigenvalue weighted by atomic mass is 9.99. The first-order valence-corrected chi connectivity index (χ1v) is 9.15. The number of hydrogen-bond donors (Lipinski definition) is 2. The molecule has 1 aliphatic rings. The number of thiophene rings is 1. The zero-order valence-corrected chi connectivity index (χ0v) is 14.8. The molecule has 0 saturated carbocycles. The summed E-state index contributed by atoms with van der Waals surface area (Å²) >= 11 is 1.35. The summed E-state index contributed by atoms with van der Waals surface area (Å²) in [7, 11) is 0. The number of likely N-dealkylation sites (tertiary alicyclic amines) is 1. The minimum Gasteiger partial charge on any atom is -0.480 e. The molecule has 2 amide bonds. The number of rotatable bonds is 6. The van der Waals surface area contributed by atoms with E-state index in [-0.39, 0.29) is 17.7 Å². The molecule has 0 spiro atoms. The van der Waals surface area contributed by atoms with E-state index in [1.807, 2.05) is 19.2 Å². The van der Waals surface area contributed by atoms with Crippen LogP contribution >= 0.6 is 11.3 Å². The monoisotopic (exact) mass is 352 g/mol. The Bertz CT molecular complexity index is 585. The highest BCUT2D eigenvalue weighted by Crippen LogP contribution is 2.22. The van der Waals surface area contributed by atoms with E-state index >= 15 is 0 Å². The number of carbonyl (C=O) groups is 3. The summed E-state index contributed by atoms with van der Waals surface area (Å²) in [5, 5.41) is 13.7. The molecule has 132 valence electrons. The Morgan fingerprint density at radius 2 is 2.12 bits per heavy atom. The number of aliphatic carboxylic acids is 1. The molecule has 0 bridgehead atoms. The van der Waals surface area contributed by atoms with Crippen molar-refractivity contribution in [1.29, 1.82) is 0 Å². The molecule has 2 atom stereocenters. The van der Waals surface area contributed by atoms with Crippen LogP contribution in [0.4, 0.5) is 0 Å². The van der Waals surface area contributed by atoms with Gasteiger partial charge in [0.05, 0.1) is 4.88 Å². The molecule has 2 heterocycles. The lowest BCUT2D eigenvalue weighted by Crippen LogP contribution is -2.55. The van der Waals surface area contributed by atoms with E-state index in [1.54, 1.807) is 17.0 Å². The molecule has 1 aliphatic heterocycles. The third-order valence-electron chi connectivity index (χ3n) is 4.12. The Morgan fingerprint density at radius 1 is 1.38 bits per heavy atom. The van der Waals surface area contributed by atoms with Crippen molar-refractivity contribution in [2.75, 3.05) is 6.54 Å². The second-order valence-corrected chi connectivity index (χ2v) is 7.46. The summed E-state index contributed by atoms with van der Waals surface area (Å²) in [5.41, 5.74) is 0. The SMILES string of the molecule is CC(C)C[C@@H](NC(=O)C1CCCCN1C(=O)c1cccs1)C(=O)O. The van der Waals surface area contributed by atoms with Gasteiger partial charge in [-0.3, -0.25) is 9.59 Å². The maximum absolute atomic E-state index is 12.6. The van der Waals surface area contributed by atoms with E-state index in [4.69, 9.17) is 0 Å². The van der Waals surface area contributed by atoms with Gasteiger partial charge in [-0.05, 0) is 43.0 Å². The Morgan fingerprint density at radius 3 is 2.71 bits per heavy atom. The molecule has 7 heteroatoms. The summed E-state index contributed by atoms with van der Waals surface area (Å²) in [6, 6.07) is 2.04. The molecule has 2 N–H and O–H groups in total. The summed E-state index contributed by atoms with van der Waals surface area (Å²) in [5.74, 6) is -1.40. The van der Waals surface area contributed by atoms with Crippen molar-refractivity contribution < 1.29 is 19.5 Å². The summed E-state index contributed by atoms with van der Waals surface area (Å²) in [6.45, 7) is 4.35. The van der Waals surface area contributed by atoms with Crippen LogP contribution in [0.1, 0.15) is 49.2 Å². The van der Waals surface area contributed by atoms with E-state index in [1.165, 1.54) is 11.3 Å². The van der Waals surface area contributed by atoms with Crippen LogP contribution in [-0.2, 0) is 9.59 Å². The first-order valence-electron chi connectivity index (χ1n) is 8.27. The predicted octanol–water partition coefficient (Wildman–Crippen LogP) is 2.36. The molecule has 1 aromatic rings. The van der Waals surface area contributed by atoms with Crippen molar-refractivity contribution >= 4 is 29.1 Å². The molecular formula is C17H24N2O4S. The largest absolute Gasteiger partial charge is 0.480 e. The number of piperidine rings is 1. The molecule has 2 rings (SSSR count). The number of amides is 2. The minimum atomic E-state index is -1.04. The van der Waals surface area contributed by atoms with Gasteiger partial charge in [0.2, 0.25) is 5.91 Å². The number of nitrogens with one attached hydrogen (secondary N) is 1. The number of hydrogen-bond acceptors (Lipinski definition) is 4. The second kappa shape index (κ2) is 8.28. The third kappa shape index (κ3) is 4.56. The number of carboxylic acid groups (broad SMARTS) is 1. The fraction of sp³-hybridized carbons (Fsp3) is 0.588. The summed E-state index contributed by atoms with van der Waals surface area (Å²) < 4.78 is 0. The van der Waals surface area contributed by atoms with Gasteiger partial charge in [-0.1, -0.05) is 19.9 Å². The van der Waals surface area contributed by atoms with Crippen LogP contribution in [0.25, 0.3) is 0 Å². The van der Waals surface area contributed by atoms with Gasteiger partial charge in [0, 0.05) is 6.54 Å². The van der Waals surface area contributed by atoms with Crippen LogP contribution in [0.3, 0.4) is 0 Å². The highest BCUT2D eigenvalue weighted by molar-refractivity contribution is 7.12. The van der Waals surface area contributed by atoms with Crippen molar-refractivity contribution in [3.63, 3.8) is 0 Å². The van der Waals surface area contributed by atoms with E-state index in [2.05, 4.69) is 5.32 Å². The Kier molecular flexibility index (Phi) is 6.36. The molecule has 1 saturated heterocycles. The fourth-order valence-electron chi connectivity index (χ4n) is 2.95. The molecule has 6 nitrogen and oxygen atoms in total. The van der Waals surface area contributed by atoms with Crippen molar-refractivity contribution in [1.82, 2.24) is 10.2 Å². The molecule has 0 aliphatic carbocycles. The quantitative estimate of drug-likeness (QED) is 0.823. The van der Waals surface area contributed by atoms with Crippen LogP contribution in [0.5, 0.6) is 0 Å². The lowest BCUT2D eigenvalue weighted by Gasteiger charge is -2.35. The zero-order chi connectivity index (χ0) is 17.7. The Hall–Kier alpha value is -1.89. The van der Waals surface area contributed by atoms with Gasteiger partial charge in [0.15, 0.2) is 0 Å². The average molecular weight is 352 g/mol. The molecule has 1 fully saturated rings. The van der Waals surface area contributed by atoms with Gasteiger partial charge in [-0.15, -0.1) is 11.3 Å². The maximum Gasteiger partial charge on any atom is 0.326 e. The maximum atomic E-state index is 12.6. The van der Waals surface area contributed by atoms with Gasteiger partial charge in [-0.25, -0.2) is 4.79 Å². The molecule has 0 aromatic carbocycles. The Labute approximate surface area is 145 Å². The first-order chi connectivity index (χ1) is 11.4. The molecule has 1 aromatic heterocycles. The molecule has 24 heavy (non-hydrogen) atoms. The summed E-state index contributed by atoms with van der Waals surface area (Å²) in [6.07, 6.45) is 2.65. The Balaban J connectivity index is 2.09. The van der Waals surface area contributed by atoms with E-state index < -0.39 is 18.1 Å². The number of nitrogens with zero attached hydrogens (tertiary/aromatic N) is 1. The lowest BCUT2D eigenvalue weighted by molar-refractivity contribution is -0.143. The second-order valence-electron chi connectivity index (χ2n) is 6.52. The van der Waals surface area contributed by atoms with Crippen LogP contribution < -0.4 is 5.32 Å². The zero-order valence-electron chi connectivity index (χ0n) is 14.0. The van der Waals surface area contributed by atoms with Gasteiger partial charge >= 0.3 is 5.97 Å². The third-order valence-corrected chi connectivity index (χ3v) is 4.98. The van der Waals surface area contributed by atoms with E-state index in [0.29, 0.717) is 24.3 Å². The smallest absolute Gasteiger partial charge is 0.326 e. The van der Waals surface area contributed by atoms with Crippen molar-refractivity contribution in [3.05, 3.63) is 22.4 Å². The van der Waals surface area contributed by atoms with Crippen molar-refractivity contribution in [2.45, 2.75) is 51.6 Å². The van der Waals surface area contributed by atoms with Crippen molar-refractivity contribution in [2.24, 2.45) is 5.92 Å². The standard InChI is InChI=1S/C17H24N2O4S/c1-11(2)10-12(17(22)23)18-15(20)13-6-3-4-8-19(13)16(21)14-7-5-9-24-14/h5,7,9,11-13H,3-4,6,8,10H2,1-2H3,(H,18,20)(H,22,23)/t12-,13?/m1/s1. The van der Waals surface area contributed by atoms with Crippen LogP contribution in [0.2, 0.25) is 0 Å². The molecule has 0 radical (unpaired) electrons. The summed E-state index contributed by atoms with van der Waals surface area (Å²) in [4.78, 5) is 38.8. The van der Waals surface area contributed by atoms with Gasteiger partial charge in [0.25, 0.3) is 5.91 Å². The topological polar surface area (TPSA) is 86.7 Å². The highest BCUT2D eigenvalue weighted by Gasteiger charge is 2.34. The fourth-order valence-corrected chi connectivity index (χ4v) is 3.63. The first kappa shape index (κ1) is 18.4. The van der Waals surface area contributed by atoms with E-state index in [9.17, 15) is 19.5 Å². The van der Waals surface area contributed by atoms with E-state index in [0.717, 1.165) is 12.8 Å².